The lowest BCUT2D eigenvalue weighted by molar-refractivity contribution is 0.165. The van der Waals surface area contributed by atoms with E-state index >= 15 is 0 Å². The van der Waals surface area contributed by atoms with Crippen molar-refractivity contribution in [2.45, 2.75) is 64.3 Å². The zero-order chi connectivity index (χ0) is 13.3. The van der Waals surface area contributed by atoms with Gasteiger partial charge >= 0.3 is 0 Å². The molecule has 0 heterocycles. The quantitative estimate of drug-likeness (QED) is 0.598. The van der Waals surface area contributed by atoms with Crippen LogP contribution in [0.3, 0.4) is 0 Å². The maximum Gasteiger partial charge on any atom is 0.0610 e. The normalized spacial score (nSPS) is 20.2. The van der Waals surface area contributed by atoms with Gasteiger partial charge in [-0.1, -0.05) is 26.2 Å². The fourth-order valence-corrected chi connectivity index (χ4v) is 4.04. The Kier molecular flexibility index (Phi) is 8.36. The van der Waals surface area contributed by atoms with Crippen LogP contribution in [0.4, 0.5) is 0 Å². The Morgan fingerprint density at radius 1 is 1.28 bits per heavy atom. The molecule has 1 aliphatic rings. The summed E-state index contributed by atoms with van der Waals surface area (Å²) in [7, 11) is 0. The first-order valence-corrected chi connectivity index (χ1v) is 8.79. The highest BCUT2D eigenvalue weighted by molar-refractivity contribution is 7.99. The van der Waals surface area contributed by atoms with E-state index < -0.39 is 0 Å². The third kappa shape index (κ3) is 6.44. The number of unbranched alkanes of at least 4 members (excludes halogenated alkanes) is 1. The SMILES string of the molecule is CCNC(C)(CO)CCCCSCC1CCCC1. The van der Waals surface area contributed by atoms with Crippen molar-refractivity contribution in [1.29, 1.82) is 0 Å². The van der Waals surface area contributed by atoms with Gasteiger partial charge in [-0.25, -0.2) is 0 Å². The molecule has 0 aromatic heterocycles. The van der Waals surface area contributed by atoms with E-state index in [2.05, 4.69) is 30.9 Å². The number of likely N-dealkylation sites (N-methyl/N-ethyl adjacent to an activating group) is 1. The van der Waals surface area contributed by atoms with Gasteiger partial charge in [0.05, 0.1) is 6.61 Å². The van der Waals surface area contributed by atoms with Gasteiger partial charge < -0.3 is 10.4 Å². The Balaban J connectivity index is 1.96. The molecule has 2 nitrogen and oxygen atoms in total. The molecule has 1 atom stereocenters. The van der Waals surface area contributed by atoms with E-state index in [4.69, 9.17) is 0 Å². The van der Waals surface area contributed by atoms with Gasteiger partial charge in [0, 0.05) is 5.54 Å². The van der Waals surface area contributed by atoms with Crippen LogP contribution in [0.1, 0.15) is 58.8 Å². The topological polar surface area (TPSA) is 32.3 Å². The molecule has 0 aliphatic heterocycles. The number of thioether (sulfide) groups is 1. The van der Waals surface area contributed by atoms with Gasteiger partial charge in [-0.3, -0.25) is 0 Å². The van der Waals surface area contributed by atoms with E-state index in [0.717, 1.165) is 18.9 Å². The molecule has 0 radical (unpaired) electrons. The number of rotatable bonds is 10. The second-order valence-corrected chi connectivity index (χ2v) is 7.08. The lowest BCUT2D eigenvalue weighted by atomic mass is 9.96. The summed E-state index contributed by atoms with van der Waals surface area (Å²) in [5.41, 5.74) is -0.0646. The van der Waals surface area contributed by atoms with Crippen molar-refractivity contribution in [3.05, 3.63) is 0 Å². The van der Waals surface area contributed by atoms with E-state index in [9.17, 15) is 5.11 Å². The Bertz CT molecular complexity index is 207. The van der Waals surface area contributed by atoms with Crippen LogP contribution in [-0.2, 0) is 0 Å². The first-order chi connectivity index (χ1) is 8.70. The fourth-order valence-electron chi connectivity index (χ4n) is 2.80. The average molecular weight is 273 g/mol. The molecule has 1 rings (SSSR count). The lowest BCUT2D eigenvalue weighted by Crippen LogP contribution is -2.45. The summed E-state index contributed by atoms with van der Waals surface area (Å²) in [6.07, 6.45) is 9.46. The van der Waals surface area contributed by atoms with Crippen LogP contribution in [-0.4, -0.2) is 35.3 Å². The number of aliphatic hydroxyl groups is 1. The van der Waals surface area contributed by atoms with Gasteiger partial charge in [0.1, 0.15) is 0 Å². The van der Waals surface area contributed by atoms with Crippen molar-refractivity contribution < 1.29 is 5.11 Å². The first kappa shape index (κ1) is 16.3. The second-order valence-electron chi connectivity index (χ2n) is 5.93. The molecule has 1 saturated carbocycles. The van der Waals surface area contributed by atoms with Gasteiger partial charge in [-0.05, 0) is 56.6 Å². The van der Waals surface area contributed by atoms with E-state index in [1.165, 1.54) is 50.0 Å². The van der Waals surface area contributed by atoms with Crippen LogP contribution in [0.5, 0.6) is 0 Å². The number of hydrogen-bond acceptors (Lipinski definition) is 3. The monoisotopic (exact) mass is 273 g/mol. The maximum atomic E-state index is 9.39. The van der Waals surface area contributed by atoms with Crippen LogP contribution in [0.15, 0.2) is 0 Å². The second kappa shape index (κ2) is 9.22. The standard InChI is InChI=1S/C15H31NOS/c1-3-16-15(2,13-17)10-6-7-11-18-12-14-8-4-5-9-14/h14,16-17H,3-13H2,1-2H3. The minimum absolute atomic E-state index is 0.0646. The maximum absolute atomic E-state index is 9.39. The lowest BCUT2D eigenvalue weighted by Gasteiger charge is -2.28. The highest BCUT2D eigenvalue weighted by atomic mass is 32.2. The molecule has 1 unspecified atom stereocenters. The summed E-state index contributed by atoms with van der Waals surface area (Å²) < 4.78 is 0. The summed E-state index contributed by atoms with van der Waals surface area (Å²) >= 11 is 2.14. The number of nitrogens with one attached hydrogen (secondary N) is 1. The molecule has 0 saturated heterocycles. The van der Waals surface area contributed by atoms with Crippen LogP contribution < -0.4 is 5.32 Å². The molecule has 2 N–H and O–H groups in total. The third-order valence-corrected chi connectivity index (χ3v) is 5.33. The Morgan fingerprint density at radius 3 is 2.61 bits per heavy atom. The van der Waals surface area contributed by atoms with E-state index in [-0.39, 0.29) is 12.1 Å². The molecule has 0 aromatic carbocycles. The largest absolute Gasteiger partial charge is 0.394 e. The molecule has 0 amide bonds. The van der Waals surface area contributed by atoms with Crippen molar-refractivity contribution in [1.82, 2.24) is 5.32 Å². The number of aliphatic hydroxyl groups excluding tert-OH is 1. The number of hydrogen-bond donors (Lipinski definition) is 2. The molecule has 3 heteroatoms. The summed E-state index contributed by atoms with van der Waals surface area (Å²) in [5.74, 6) is 3.69. The Hall–Kier alpha value is 0.270. The highest BCUT2D eigenvalue weighted by Gasteiger charge is 2.20. The summed E-state index contributed by atoms with van der Waals surface area (Å²) in [4.78, 5) is 0. The van der Waals surface area contributed by atoms with Crippen molar-refractivity contribution >= 4 is 11.8 Å². The molecule has 0 spiro atoms. The fraction of sp³-hybridized carbons (Fsp3) is 1.00. The van der Waals surface area contributed by atoms with Gasteiger partial charge in [0.25, 0.3) is 0 Å². The van der Waals surface area contributed by atoms with E-state index in [1.54, 1.807) is 0 Å². The van der Waals surface area contributed by atoms with Gasteiger partial charge in [0.15, 0.2) is 0 Å². The van der Waals surface area contributed by atoms with Crippen LogP contribution in [0.25, 0.3) is 0 Å². The minimum atomic E-state index is -0.0646. The van der Waals surface area contributed by atoms with Gasteiger partial charge in [-0.2, -0.15) is 11.8 Å². The molecule has 0 bridgehead atoms. The van der Waals surface area contributed by atoms with Crippen LogP contribution in [0, 0.1) is 5.92 Å². The highest BCUT2D eigenvalue weighted by Crippen LogP contribution is 2.28. The average Bonchev–Trinajstić information content (AvgIpc) is 2.87. The molecule has 18 heavy (non-hydrogen) atoms. The predicted octanol–water partition coefficient (Wildman–Crippen LogP) is 3.44. The summed E-state index contributed by atoms with van der Waals surface area (Å²) in [6, 6.07) is 0. The zero-order valence-corrected chi connectivity index (χ0v) is 13.0. The zero-order valence-electron chi connectivity index (χ0n) is 12.2. The molecule has 1 aliphatic carbocycles. The minimum Gasteiger partial charge on any atom is -0.394 e. The first-order valence-electron chi connectivity index (χ1n) is 7.64. The van der Waals surface area contributed by atoms with Crippen molar-refractivity contribution in [3.63, 3.8) is 0 Å². The van der Waals surface area contributed by atoms with E-state index in [0.29, 0.717) is 0 Å². The third-order valence-electron chi connectivity index (χ3n) is 4.05. The van der Waals surface area contributed by atoms with E-state index in [1.807, 2.05) is 0 Å². The van der Waals surface area contributed by atoms with Crippen LogP contribution >= 0.6 is 11.8 Å². The van der Waals surface area contributed by atoms with Gasteiger partial charge in [-0.15, -0.1) is 0 Å². The van der Waals surface area contributed by atoms with Crippen molar-refractivity contribution in [2.24, 2.45) is 5.92 Å². The predicted molar refractivity (Wildman–Crippen MR) is 82.3 cm³/mol. The molecular formula is C15H31NOS. The van der Waals surface area contributed by atoms with Crippen LogP contribution in [0.2, 0.25) is 0 Å². The molecule has 1 fully saturated rings. The Morgan fingerprint density at radius 2 is 2.00 bits per heavy atom. The van der Waals surface area contributed by atoms with Crippen molar-refractivity contribution in [2.75, 3.05) is 24.7 Å². The smallest absolute Gasteiger partial charge is 0.0610 e. The Labute approximate surface area is 117 Å². The molecular weight excluding hydrogens is 242 g/mol. The molecule has 108 valence electrons. The van der Waals surface area contributed by atoms with Gasteiger partial charge in [0.2, 0.25) is 0 Å². The summed E-state index contributed by atoms with van der Waals surface area (Å²) in [6.45, 7) is 5.41. The van der Waals surface area contributed by atoms with Crippen molar-refractivity contribution in [3.8, 4) is 0 Å². The summed E-state index contributed by atoms with van der Waals surface area (Å²) in [5, 5.41) is 12.8. The molecule has 0 aromatic rings.